The number of aromatic nitrogens is 2. The molecule has 1 rings (SSSR count). The lowest BCUT2D eigenvalue weighted by atomic mass is 10.1. The van der Waals surface area contributed by atoms with E-state index in [0.717, 1.165) is 0 Å². The lowest BCUT2D eigenvalue weighted by Gasteiger charge is -2.15. The van der Waals surface area contributed by atoms with E-state index >= 15 is 0 Å². The average molecular weight is 194 g/mol. The Morgan fingerprint density at radius 3 is 2.64 bits per heavy atom. The highest BCUT2D eigenvalue weighted by Gasteiger charge is 2.07. The summed E-state index contributed by atoms with van der Waals surface area (Å²) in [5.41, 5.74) is 0. The van der Waals surface area contributed by atoms with Gasteiger partial charge in [-0.15, -0.1) is 0 Å². The maximum Gasteiger partial charge on any atom is 0.0516 e. The van der Waals surface area contributed by atoms with Gasteiger partial charge in [0, 0.05) is 12.4 Å². The van der Waals surface area contributed by atoms with Crippen molar-refractivity contribution in [3.8, 4) is 0 Å². The molecule has 0 saturated heterocycles. The van der Waals surface area contributed by atoms with Gasteiger partial charge in [-0.3, -0.25) is 4.68 Å². The maximum atomic E-state index is 4.30. The third-order valence-corrected chi connectivity index (χ3v) is 2.76. The van der Waals surface area contributed by atoms with Crippen molar-refractivity contribution >= 4 is 0 Å². The molecule has 80 valence electrons. The predicted octanol–water partition coefficient (Wildman–Crippen LogP) is 3.80. The van der Waals surface area contributed by atoms with E-state index in [1.807, 2.05) is 12.3 Å². The van der Waals surface area contributed by atoms with Crippen LogP contribution in [0.4, 0.5) is 0 Å². The quantitative estimate of drug-likeness (QED) is 0.604. The van der Waals surface area contributed by atoms with Gasteiger partial charge in [0.05, 0.1) is 6.04 Å². The van der Waals surface area contributed by atoms with E-state index in [0.29, 0.717) is 6.04 Å². The molecule has 2 nitrogen and oxygen atoms in total. The minimum atomic E-state index is 0.613. The van der Waals surface area contributed by atoms with Crippen molar-refractivity contribution in [3.05, 3.63) is 18.5 Å². The number of hydrogen-bond acceptors (Lipinski definition) is 1. The second-order valence-corrected chi connectivity index (χ2v) is 3.90. The largest absolute Gasteiger partial charge is 0.270 e. The van der Waals surface area contributed by atoms with Crippen LogP contribution in [0, 0.1) is 0 Å². The minimum Gasteiger partial charge on any atom is -0.270 e. The lowest BCUT2D eigenvalue weighted by Crippen LogP contribution is -2.08. The van der Waals surface area contributed by atoms with E-state index in [9.17, 15) is 0 Å². The first-order chi connectivity index (χ1) is 6.88. The molecule has 0 radical (unpaired) electrons. The van der Waals surface area contributed by atoms with Crippen LogP contribution in [0.3, 0.4) is 0 Å². The van der Waals surface area contributed by atoms with Gasteiger partial charge in [0.15, 0.2) is 0 Å². The molecule has 1 heterocycles. The smallest absolute Gasteiger partial charge is 0.0516 e. The summed E-state index contributed by atoms with van der Waals surface area (Å²) >= 11 is 0. The van der Waals surface area contributed by atoms with E-state index in [1.165, 1.54) is 38.5 Å². The zero-order valence-electron chi connectivity index (χ0n) is 9.45. The molecular weight excluding hydrogens is 172 g/mol. The Hall–Kier alpha value is -0.790. The van der Waals surface area contributed by atoms with Gasteiger partial charge < -0.3 is 0 Å². The molecule has 0 N–H and O–H groups in total. The molecule has 0 aliphatic rings. The molecule has 1 aromatic heterocycles. The summed E-state index contributed by atoms with van der Waals surface area (Å²) in [7, 11) is 0. The summed E-state index contributed by atoms with van der Waals surface area (Å²) in [6, 6.07) is 2.62. The molecule has 2 heteroatoms. The number of nitrogens with zero attached hydrogens (tertiary/aromatic N) is 2. The topological polar surface area (TPSA) is 17.8 Å². The molecule has 0 bridgehead atoms. The fourth-order valence-corrected chi connectivity index (χ4v) is 1.83. The highest BCUT2D eigenvalue weighted by Crippen LogP contribution is 2.18. The Bertz CT molecular complexity index is 216. The van der Waals surface area contributed by atoms with Gasteiger partial charge in [0.2, 0.25) is 0 Å². The standard InChI is InChI=1S/C12H22N2/c1-3-5-6-7-9-12(4-2)14-11-8-10-13-14/h8,10-12H,3-7,9H2,1-2H3. The van der Waals surface area contributed by atoms with Crippen LogP contribution in [-0.4, -0.2) is 9.78 Å². The number of hydrogen-bond donors (Lipinski definition) is 0. The van der Waals surface area contributed by atoms with E-state index < -0.39 is 0 Å². The molecule has 1 aromatic rings. The number of rotatable bonds is 7. The van der Waals surface area contributed by atoms with E-state index in [1.54, 1.807) is 0 Å². The zero-order valence-corrected chi connectivity index (χ0v) is 9.45. The van der Waals surface area contributed by atoms with Crippen LogP contribution in [0.15, 0.2) is 18.5 Å². The van der Waals surface area contributed by atoms with Crippen molar-refractivity contribution in [2.75, 3.05) is 0 Å². The zero-order chi connectivity index (χ0) is 10.2. The Kier molecular flexibility index (Phi) is 5.35. The number of unbranched alkanes of at least 4 members (excludes halogenated alkanes) is 3. The third-order valence-electron chi connectivity index (χ3n) is 2.76. The van der Waals surface area contributed by atoms with Crippen molar-refractivity contribution in [1.29, 1.82) is 0 Å². The summed E-state index contributed by atoms with van der Waals surface area (Å²) < 4.78 is 2.10. The molecule has 0 saturated carbocycles. The van der Waals surface area contributed by atoms with Gasteiger partial charge in [0.25, 0.3) is 0 Å². The van der Waals surface area contributed by atoms with Gasteiger partial charge in [-0.2, -0.15) is 5.10 Å². The van der Waals surface area contributed by atoms with Gasteiger partial charge in [-0.25, -0.2) is 0 Å². The Morgan fingerprint density at radius 1 is 1.21 bits per heavy atom. The van der Waals surface area contributed by atoms with Crippen molar-refractivity contribution in [2.45, 2.75) is 58.4 Å². The molecule has 1 atom stereocenters. The highest BCUT2D eigenvalue weighted by atomic mass is 15.3. The lowest BCUT2D eigenvalue weighted by molar-refractivity contribution is 0.395. The van der Waals surface area contributed by atoms with Crippen LogP contribution in [-0.2, 0) is 0 Å². The van der Waals surface area contributed by atoms with Gasteiger partial charge in [-0.05, 0) is 18.9 Å². The highest BCUT2D eigenvalue weighted by molar-refractivity contribution is 4.81. The second-order valence-electron chi connectivity index (χ2n) is 3.90. The molecular formula is C12H22N2. The summed E-state index contributed by atoms with van der Waals surface area (Å²) in [6.07, 6.45) is 11.8. The van der Waals surface area contributed by atoms with Gasteiger partial charge in [0.1, 0.15) is 0 Å². The molecule has 0 fully saturated rings. The Labute approximate surface area is 87.3 Å². The summed E-state index contributed by atoms with van der Waals surface area (Å²) in [5, 5.41) is 4.30. The van der Waals surface area contributed by atoms with Crippen molar-refractivity contribution in [1.82, 2.24) is 9.78 Å². The Balaban J connectivity index is 2.26. The van der Waals surface area contributed by atoms with E-state index in [-0.39, 0.29) is 0 Å². The fraction of sp³-hybridized carbons (Fsp3) is 0.750. The summed E-state index contributed by atoms with van der Waals surface area (Å²) in [5.74, 6) is 0. The molecule has 0 aromatic carbocycles. The first-order valence-corrected chi connectivity index (χ1v) is 5.87. The first kappa shape index (κ1) is 11.3. The van der Waals surface area contributed by atoms with Crippen LogP contribution in [0.2, 0.25) is 0 Å². The Morgan fingerprint density at radius 2 is 2.07 bits per heavy atom. The van der Waals surface area contributed by atoms with Crippen LogP contribution < -0.4 is 0 Å². The second kappa shape index (κ2) is 6.63. The predicted molar refractivity (Wildman–Crippen MR) is 60.3 cm³/mol. The fourth-order valence-electron chi connectivity index (χ4n) is 1.83. The molecule has 0 aliphatic carbocycles. The van der Waals surface area contributed by atoms with Crippen LogP contribution in [0.25, 0.3) is 0 Å². The van der Waals surface area contributed by atoms with E-state index in [4.69, 9.17) is 0 Å². The van der Waals surface area contributed by atoms with Crippen LogP contribution in [0.1, 0.15) is 58.4 Å². The van der Waals surface area contributed by atoms with Crippen molar-refractivity contribution in [3.63, 3.8) is 0 Å². The summed E-state index contributed by atoms with van der Waals surface area (Å²) in [6.45, 7) is 4.50. The van der Waals surface area contributed by atoms with Crippen LogP contribution >= 0.6 is 0 Å². The maximum absolute atomic E-state index is 4.30. The molecule has 0 spiro atoms. The van der Waals surface area contributed by atoms with Crippen molar-refractivity contribution in [2.24, 2.45) is 0 Å². The average Bonchev–Trinajstić information content (AvgIpc) is 2.71. The van der Waals surface area contributed by atoms with Crippen molar-refractivity contribution < 1.29 is 0 Å². The SMILES string of the molecule is CCCCCCC(CC)n1cccn1. The van der Waals surface area contributed by atoms with E-state index in [2.05, 4.69) is 29.8 Å². The van der Waals surface area contributed by atoms with Gasteiger partial charge in [-0.1, -0.05) is 39.5 Å². The molecule has 0 aliphatic heterocycles. The molecule has 14 heavy (non-hydrogen) atoms. The minimum absolute atomic E-state index is 0.613. The van der Waals surface area contributed by atoms with Gasteiger partial charge >= 0.3 is 0 Å². The third kappa shape index (κ3) is 3.52. The monoisotopic (exact) mass is 194 g/mol. The first-order valence-electron chi connectivity index (χ1n) is 5.87. The normalized spacial score (nSPS) is 13.0. The summed E-state index contributed by atoms with van der Waals surface area (Å²) in [4.78, 5) is 0. The van der Waals surface area contributed by atoms with Crippen LogP contribution in [0.5, 0.6) is 0 Å². The molecule has 0 amide bonds. The molecule has 1 unspecified atom stereocenters.